The number of aliphatic hydroxyl groups excluding tert-OH is 1. The van der Waals surface area contributed by atoms with Gasteiger partial charge < -0.3 is 15.3 Å². The van der Waals surface area contributed by atoms with Gasteiger partial charge in [-0.3, -0.25) is 4.68 Å². The first-order chi connectivity index (χ1) is 17.7. The second-order valence-electron chi connectivity index (χ2n) is 8.53. The zero-order valence-electron chi connectivity index (χ0n) is 20.1. The average Bonchev–Trinajstić information content (AvgIpc) is 3.30. The fraction of sp³-hybridized carbons (Fsp3) is 0.269. The lowest BCUT2D eigenvalue weighted by molar-refractivity contribution is -0.137. The van der Waals surface area contributed by atoms with Crippen molar-refractivity contribution in [3.63, 3.8) is 0 Å². The molecule has 0 spiro atoms. The summed E-state index contributed by atoms with van der Waals surface area (Å²) in [5.41, 5.74) is 0.514. The minimum Gasteiger partial charge on any atom is -0.516 e. The zero-order valence-corrected chi connectivity index (χ0v) is 20.1. The van der Waals surface area contributed by atoms with Gasteiger partial charge in [0.1, 0.15) is 11.5 Å². The Hall–Kier alpha value is -4.15. The molecule has 4 aromatic rings. The second kappa shape index (κ2) is 10.9. The standard InChI is InChI=1S/C24H22F4N6.C2H4O/c1-33-21(8-11-29-33)22-17-4-2-3-5-18(17)23(32-31-22)34-12-9-16(10-13-34)30-20-7-6-15(25)14-19(20)24(26,27)28;1-2-3/h2-8,11,14,16,30H,9-10,12-13H2,1H3;2-3H,1H2. The van der Waals surface area contributed by atoms with E-state index < -0.39 is 17.6 Å². The third-order valence-electron chi connectivity index (χ3n) is 6.17. The fourth-order valence-electron chi connectivity index (χ4n) is 4.45. The molecule has 1 aliphatic heterocycles. The van der Waals surface area contributed by atoms with E-state index in [1.165, 1.54) is 0 Å². The molecule has 1 saturated heterocycles. The number of halogens is 4. The molecule has 0 unspecified atom stereocenters. The molecule has 0 saturated carbocycles. The van der Waals surface area contributed by atoms with Gasteiger partial charge >= 0.3 is 6.18 Å². The highest BCUT2D eigenvalue weighted by atomic mass is 19.4. The molecule has 0 amide bonds. The molecule has 0 aliphatic carbocycles. The maximum atomic E-state index is 13.4. The number of aliphatic hydroxyl groups is 1. The topological polar surface area (TPSA) is 79.1 Å². The van der Waals surface area contributed by atoms with Gasteiger partial charge in [0.05, 0.1) is 17.5 Å². The number of nitrogens with one attached hydrogen (secondary N) is 1. The van der Waals surface area contributed by atoms with Crippen LogP contribution in [0.1, 0.15) is 18.4 Å². The fourth-order valence-corrected chi connectivity index (χ4v) is 4.45. The second-order valence-corrected chi connectivity index (χ2v) is 8.53. The Morgan fingerprint density at radius 2 is 1.73 bits per heavy atom. The Bertz CT molecular complexity index is 1380. The number of alkyl halides is 3. The smallest absolute Gasteiger partial charge is 0.418 e. The number of piperidine rings is 1. The van der Waals surface area contributed by atoms with Crippen molar-refractivity contribution in [2.75, 3.05) is 23.3 Å². The molecule has 2 aromatic heterocycles. The largest absolute Gasteiger partial charge is 0.516 e. The van der Waals surface area contributed by atoms with Gasteiger partial charge in [0.25, 0.3) is 0 Å². The maximum Gasteiger partial charge on any atom is 0.418 e. The minimum absolute atomic E-state index is 0.0990. The first-order valence-electron chi connectivity index (χ1n) is 11.6. The van der Waals surface area contributed by atoms with Gasteiger partial charge in [0.15, 0.2) is 5.82 Å². The number of aromatic nitrogens is 4. The number of benzene rings is 2. The van der Waals surface area contributed by atoms with E-state index in [1.54, 1.807) is 10.9 Å². The monoisotopic (exact) mass is 514 g/mol. The number of hydrogen-bond acceptors (Lipinski definition) is 6. The summed E-state index contributed by atoms with van der Waals surface area (Å²) in [6.45, 7) is 4.12. The van der Waals surface area contributed by atoms with E-state index in [0.29, 0.717) is 32.0 Å². The van der Waals surface area contributed by atoms with Crippen molar-refractivity contribution in [1.82, 2.24) is 20.0 Å². The van der Waals surface area contributed by atoms with Gasteiger partial charge in [-0.1, -0.05) is 30.8 Å². The molecular weight excluding hydrogens is 488 g/mol. The van der Waals surface area contributed by atoms with Crippen molar-refractivity contribution in [3.8, 4) is 11.4 Å². The van der Waals surface area contributed by atoms with Gasteiger partial charge in [0, 0.05) is 48.8 Å². The highest BCUT2D eigenvalue weighted by Gasteiger charge is 2.35. The Morgan fingerprint density at radius 1 is 1.05 bits per heavy atom. The van der Waals surface area contributed by atoms with E-state index in [2.05, 4.69) is 32.1 Å². The van der Waals surface area contributed by atoms with Gasteiger partial charge in [0.2, 0.25) is 0 Å². The van der Waals surface area contributed by atoms with Crippen LogP contribution in [0.15, 0.2) is 67.6 Å². The summed E-state index contributed by atoms with van der Waals surface area (Å²) < 4.78 is 55.2. The van der Waals surface area contributed by atoms with E-state index in [1.807, 2.05) is 37.4 Å². The third kappa shape index (κ3) is 5.65. The average molecular weight is 515 g/mol. The molecule has 37 heavy (non-hydrogen) atoms. The lowest BCUT2D eigenvalue weighted by Gasteiger charge is -2.34. The Morgan fingerprint density at radius 3 is 2.35 bits per heavy atom. The van der Waals surface area contributed by atoms with E-state index in [0.717, 1.165) is 46.4 Å². The van der Waals surface area contributed by atoms with Crippen molar-refractivity contribution in [1.29, 1.82) is 0 Å². The van der Waals surface area contributed by atoms with E-state index in [9.17, 15) is 17.6 Å². The van der Waals surface area contributed by atoms with E-state index >= 15 is 0 Å². The zero-order chi connectivity index (χ0) is 26.6. The normalized spacial score (nSPS) is 14.2. The molecule has 194 valence electrons. The molecule has 5 rings (SSSR count). The van der Waals surface area contributed by atoms with Crippen LogP contribution < -0.4 is 10.2 Å². The summed E-state index contributed by atoms with van der Waals surface area (Å²) in [6, 6.07) is 12.3. The van der Waals surface area contributed by atoms with Crippen molar-refractivity contribution in [2.24, 2.45) is 7.05 Å². The van der Waals surface area contributed by atoms with Gasteiger partial charge in [-0.2, -0.15) is 18.3 Å². The van der Waals surface area contributed by atoms with Crippen LogP contribution >= 0.6 is 0 Å². The summed E-state index contributed by atoms with van der Waals surface area (Å²) in [5, 5.41) is 25.4. The molecule has 2 N–H and O–H groups in total. The summed E-state index contributed by atoms with van der Waals surface area (Å²) >= 11 is 0. The Balaban J connectivity index is 0.00000102. The summed E-state index contributed by atoms with van der Waals surface area (Å²) in [7, 11) is 1.85. The van der Waals surface area contributed by atoms with Crippen molar-refractivity contribution >= 4 is 22.3 Å². The van der Waals surface area contributed by atoms with Crippen molar-refractivity contribution < 1.29 is 22.7 Å². The van der Waals surface area contributed by atoms with Gasteiger partial charge in [-0.25, -0.2) is 4.39 Å². The molecule has 1 fully saturated rings. The number of anilines is 2. The molecular formula is C26H26F4N6O. The summed E-state index contributed by atoms with van der Waals surface area (Å²) in [5.74, 6) is -0.162. The van der Waals surface area contributed by atoms with E-state index in [4.69, 9.17) is 5.11 Å². The molecule has 0 atom stereocenters. The van der Waals surface area contributed by atoms with Crippen LogP contribution in [-0.4, -0.2) is 44.2 Å². The van der Waals surface area contributed by atoms with Crippen molar-refractivity contribution in [2.45, 2.75) is 25.1 Å². The molecule has 0 radical (unpaired) electrons. The molecule has 0 bridgehead atoms. The lowest BCUT2D eigenvalue weighted by Crippen LogP contribution is -2.40. The van der Waals surface area contributed by atoms with Crippen LogP contribution in [0.4, 0.5) is 29.1 Å². The molecule has 2 aromatic carbocycles. The van der Waals surface area contributed by atoms with Crippen LogP contribution in [0, 0.1) is 5.82 Å². The SMILES string of the molecule is C=CO.Cn1nccc1-c1nnc(N2CCC(Nc3ccc(F)cc3C(F)(F)F)CC2)c2ccccc12. The molecule has 11 heteroatoms. The molecule has 1 aliphatic rings. The Labute approximate surface area is 211 Å². The van der Waals surface area contributed by atoms with Crippen LogP contribution in [0.25, 0.3) is 22.2 Å². The number of nitrogens with zero attached hydrogens (tertiary/aromatic N) is 5. The van der Waals surface area contributed by atoms with Gasteiger partial charge in [-0.05, 0) is 37.1 Å². The van der Waals surface area contributed by atoms with Gasteiger partial charge in [-0.15, -0.1) is 10.2 Å². The Kier molecular flexibility index (Phi) is 7.61. The molecule has 3 heterocycles. The number of aryl methyl sites for hydroxylation is 1. The minimum atomic E-state index is -4.63. The van der Waals surface area contributed by atoms with Crippen LogP contribution in [-0.2, 0) is 13.2 Å². The number of fused-ring (bicyclic) bond motifs is 1. The number of rotatable bonds is 4. The van der Waals surface area contributed by atoms with Crippen molar-refractivity contribution in [3.05, 3.63) is 78.9 Å². The predicted octanol–water partition coefficient (Wildman–Crippen LogP) is 5.96. The quantitative estimate of drug-likeness (QED) is 0.259. The highest BCUT2D eigenvalue weighted by Crippen LogP contribution is 2.37. The molecule has 7 nitrogen and oxygen atoms in total. The maximum absolute atomic E-state index is 13.4. The van der Waals surface area contributed by atoms with Crippen LogP contribution in [0.3, 0.4) is 0 Å². The highest BCUT2D eigenvalue weighted by molar-refractivity contribution is 5.99. The third-order valence-corrected chi connectivity index (χ3v) is 6.17. The van der Waals surface area contributed by atoms with Crippen LogP contribution in [0.5, 0.6) is 0 Å². The summed E-state index contributed by atoms with van der Waals surface area (Å²) in [4.78, 5) is 2.11. The first kappa shape index (κ1) is 25.9. The number of hydrogen-bond donors (Lipinski definition) is 2. The van der Waals surface area contributed by atoms with E-state index in [-0.39, 0.29) is 11.7 Å². The predicted molar refractivity (Wildman–Crippen MR) is 135 cm³/mol. The van der Waals surface area contributed by atoms with Crippen LogP contribution in [0.2, 0.25) is 0 Å². The first-order valence-corrected chi connectivity index (χ1v) is 11.6. The summed E-state index contributed by atoms with van der Waals surface area (Å²) in [6.07, 6.45) is -0.958. The lowest BCUT2D eigenvalue weighted by atomic mass is 10.0.